The predicted molar refractivity (Wildman–Crippen MR) is 144 cm³/mol. The number of fused-ring (bicyclic) bond motifs is 1. The van der Waals surface area contributed by atoms with Crippen molar-refractivity contribution in [1.29, 1.82) is 0 Å². The number of amides is 2. The summed E-state index contributed by atoms with van der Waals surface area (Å²) in [5.41, 5.74) is 2.15. The lowest BCUT2D eigenvalue weighted by Crippen LogP contribution is -2.55. The smallest absolute Gasteiger partial charge is 0.246 e. The zero-order chi connectivity index (χ0) is 24.4. The molecular formula is C27H34N4O2S2. The Labute approximate surface area is 215 Å². The summed E-state index contributed by atoms with van der Waals surface area (Å²) in [6.45, 7) is 2.56. The van der Waals surface area contributed by atoms with Gasteiger partial charge in [0, 0.05) is 33.0 Å². The Bertz CT molecular complexity index is 1180. The molecule has 2 amide bonds. The van der Waals surface area contributed by atoms with E-state index in [1.54, 1.807) is 29.7 Å². The Morgan fingerprint density at radius 2 is 1.86 bits per heavy atom. The number of thiophene rings is 1. The number of benzene rings is 1. The third kappa shape index (κ3) is 5.01. The fourth-order valence-electron chi connectivity index (χ4n) is 5.46. The van der Waals surface area contributed by atoms with Crippen molar-refractivity contribution in [1.82, 2.24) is 20.5 Å². The average molecular weight is 511 g/mol. The van der Waals surface area contributed by atoms with E-state index in [4.69, 9.17) is 4.98 Å². The summed E-state index contributed by atoms with van der Waals surface area (Å²) in [6.07, 6.45) is 7.33. The Morgan fingerprint density at radius 3 is 2.66 bits per heavy atom. The molecule has 1 aliphatic carbocycles. The molecule has 5 rings (SSSR count). The van der Waals surface area contributed by atoms with Crippen molar-refractivity contribution < 1.29 is 9.59 Å². The number of nitrogens with one attached hydrogen (secondary N) is 2. The van der Waals surface area contributed by atoms with Gasteiger partial charge in [0.15, 0.2) is 0 Å². The summed E-state index contributed by atoms with van der Waals surface area (Å²) in [5.74, 6) is 0.163. The predicted octanol–water partition coefficient (Wildman–Crippen LogP) is 5.36. The zero-order valence-corrected chi connectivity index (χ0v) is 22.1. The quantitative estimate of drug-likeness (QED) is 0.449. The number of nitrogens with zero attached hydrogens (tertiary/aromatic N) is 2. The zero-order valence-electron chi connectivity index (χ0n) is 20.5. The minimum Gasteiger partial charge on any atom is -0.343 e. The third-order valence-corrected chi connectivity index (χ3v) is 9.52. The second-order valence-corrected chi connectivity index (χ2v) is 11.6. The van der Waals surface area contributed by atoms with Gasteiger partial charge in [-0.3, -0.25) is 9.59 Å². The maximum Gasteiger partial charge on any atom is 0.246 e. The van der Waals surface area contributed by atoms with Crippen molar-refractivity contribution in [2.24, 2.45) is 5.92 Å². The van der Waals surface area contributed by atoms with Gasteiger partial charge in [-0.1, -0.05) is 37.5 Å². The molecule has 0 radical (unpaired) electrons. The highest BCUT2D eigenvalue weighted by molar-refractivity contribution is 7.17. The van der Waals surface area contributed by atoms with Gasteiger partial charge in [0.1, 0.15) is 11.0 Å². The molecule has 186 valence electrons. The first-order valence-electron chi connectivity index (χ1n) is 12.8. The normalized spacial score (nSPS) is 20.7. The van der Waals surface area contributed by atoms with Crippen LogP contribution in [-0.2, 0) is 9.59 Å². The molecule has 1 saturated carbocycles. The Hall–Kier alpha value is -2.29. The summed E-state index contributed by atoms with van der Waals surface area (Å²) < 4.78 is 1.26. The molecule has 6 nitrogen and oxygen atoms in total. The molecule has 1 aromatic carbocycles. The number of hydrogen-bond acceptors (Lipinski definition) is 6. The molecule has 8 heteroatoms. The van der Waals surface area contributed by atoms with E-state index in [-0.39, 0.29) is 29.8 Å². The number of aromatic nitrogens is 1. The van der Waals surface area contributed by atoms with Gasteiger partial charge in [-0.05, 0) is 51.6 Å². The van der Waals surface area contributed by atoms with Crippen LogP contribution in [0, 0.1) is 5.92 Å². The number of carbonyl (C=O) groups is 2. The largest absolute Gasteiger partial charge is 0.343 e. The lowest BCUT2D eigenvalue weighted by molar-refractivity contribution is -0.139. The van der Waals surface area contributed by atoms with Gasteiger partial charge < -0.3 is 15.5 Å². The van der Waals surface area contributed by atoms with Crippen LogP contribution < -0.4 is 10.6 Å². The number of rotatable bonds is 7. The fourth-order valence-corrected chi connectivity index (χ4v) is 7.38. The first kappa shape index (κ1) is 24.4. The van der Waals surface area contributed by atoms with Crippen molar-refractivity contribution in [3.8, 4) is 11.3 Å². The lowest BCUT2D eigenvalue weighted by atomic mass is 9.83. The SMILES string of the molecule is CNC(C)C(=O)NC(C(=O)N1CCCC1c1nc(-c2csc3ccccc23)cs1)C1CCCCC1. The van der Waals surface area contributed by atoms with Crippen LogP contribution in [0.25, 0.3) is 21.3 Å². The molecule has 2 N–H and O–H groups in total. The maximum absolute atomic E-state index is 14.0. The van der Waals surface area contributed by atoms with E-state index in [1.807, 2.05) is 11.8 Å². The van der Waals surface area contributed by atoms with E-state index in [0.29, 0.717) is 0 Å². The Balaban J connectivity index is 1.38. The van der Waals surface area contributed by atoms with Gasteiger partial charge in [-0.2, -0.15) is 0 Å². The van der Waals surface area contributed by atoms with Gasteiger partial charge >= 0.3 is 0 Å². The molecule has 35 heavy (non-hydrogen) atoms. The molecule has 3 aromatic rings. The second-order valence-electron chi connectivity index (χ2n) is 9.80. The minimum absolute atomic E-state index is 0.0177. The molecule has 2 aromatic heterocycles. The number of thiazole rings is 1. The van der Waals surface area contributed by atoms with E-state index < -0.39 is 6.04 Å². The highest BCUT2D eigenvalue weighted by Gasteiger charge is 2.40. The van der Waals surface area contributed by atoms with Crippen molar-refractivity contribution in [3.05, 3.63) is 40.0 Å². The van der Waals surface area contributed by atoms with Gasteiger partial charge in [-0.25, -0.2) is 4.98 Å². The maximum atomic E-state index is 14.0. The summed E-state index contributed by atoms with van der Waals surface area (Å²) in [5, 5.41) is 12.7. The van der Waals surface area contributed by atoms with Crippen LogP contribution in [0.3, 0.4) is 0 Å². The van der Waals surface area contributed by atoms with Gasteiger partial charge in [-0.15, -0.1) is 22.7 Å². The number of carbonyl (C=O) groups excluding carboxylic acids is 2. The van der Waals surface area contributed by atoms with E-state index in [1.165, 1.54) is 16.5 Å². The molecular weight excluding hydrogens is 476 g/mol. The van der Waals surface area contributed by atoms with Crippen molar-refractivity contribution in [2.75, 3.05) is 13.6 Å². The molecule has 1 aliphatic heterocycles. The Kier molecular flexibility index (Phi) is 7.51. The molecule has 1 saturated heterocycles. The van der Waals surface area contributed by atoms with Gasteiger partial charge in [0.2, 0.25) is 11.8 Å². The summed E-state index contributed by atoms with van der Waals surface area (Å²) in [7, 11) is 1.77. The lowest BCUT2D eigenvalue weighted by Gasteiger charge is -2.35. The third-order valence-electron chi connectivity index (χ3n) is 7.61. The van der Waals surface area contributed by atoms with Crippen LogP contribution in [0.1, 0.15) is 62.9 Å². The van der Waals surface area contributed by atoms with Crippen molar-refractivity contribution in [3.63, 3.8) is 0 Å². The first-order chi connectivity index (χ1) is 17.1. The van der Waals surface area contributed by atoms with E-state index in [2.05, 4.69) is 45.7 Å². The van der Waals surface area contributed by atoms with Gasteiger partial charge in [0.25, 0.3) is 0 Å². The monoisotopic (exact) mass is 510 g/mol. The molecule has 2 aliphatic rings. The molecule has 3 atom stereocenters. The van der Waals surface area contributed by atoms with Crippen LogP contribution in [0.5, 0.6) is 0 Å². The van der Waals surface area contributed by atoms with E-state index in [9.17, 15) is 9.59 Å². The van der Waals surface area contributed by atoms with Crippen LogP contribution in [0.4, 0.5) is 0 Å². The standard InChI is InChI=1S/C27H34N4O2S2/c1-17(28-2)25(32)30-24(18-9-4-3-5-10-18)27(33)31-14-8-12-22(31)26-29-21(16-35-26)20-15-34-23-13-7-6-11-19(20)23/h6-7,11,13,15-18,22,24,28H,3-5,8-10,12,14H2,1-2H3,(H,30,32). The van der Waals surface area contributed by atoms with Crippen molar-refractivity contribution >= 4 is 44.6 Å². The molecule has 3 unspecified atom stereocenters. The molecule has 2 fully saturated rings. The first-order valence-corrected chi connectivity index (χ1v) is 14.5. The fraction of sp³-hybridized carbons (Fsp3) is 0.519. The topological polar surface area (TPSA) is 74.3 Å². The van der Waals surface area contributed by atoms with E-state index in [0.717, 1.165) is 61.3 Å². The molecule has 3 heterocycles. The number of likely N-dealkylation sites (N-methyl/N-ethyl adjacent to an activating group) is 1. The van der Waals surface area contributed by atoms with Crippen LogP contribution >= 0.6 is 22.7 Å². The minimum atomic E-state index is -0.459. The molecule has 0 spiro atoms. The summed E-state index contributed by atoms with van der Waals surface area (Å²) >= 11 is 3.39. The van der Waals surface area contributed by atoms with Crippen molar-refractivity contribution in [2.45, 2.75) is 70.0 Å². The summed E-state index contributed by atoms with van der Waals surface area (Å²) in [4.78, 5) is 33.8. The van der Waals surface area contributed by atoms with Crippen LogP contribution in [0.2, 0.25) is 0 Å². The highest BCUT2D eigenvalue weighted by Crippen LogP contribution is 2.39. The van der Waals surface area contributed by atoms with Gasteiger partial charge in [0.05, 0.1) is 17.8 Å². The van der Waals surface area contributed by atoms with E-state index >= 15 is 0 Å². The van der Waals surface area contributed by atoms with Crippen LogP contribution in [0.15, 0.2) is 35.0 Å². The molecule has 0 bridgehead atoms. The number of hydrogen-bond donors (Lipinski definition) is 2. The summed E-state index contributed by atoms with van der Waals surface area (Å²) in [6, 6.07) is 7.62. The Morgan fingerprint density at radius 1 is 1.06 bits per heavy atom. The average Bonchev–Trinajstić information content (AvgIpc) is 3.65. The van der Waals surface area contributed by atoms with Crippen LogP contribution in [-0.4, -0.2) is 47.4 Å². The highest BCUT2D eigenvalue weighted by atomic mass is 32.1. The number of likely N-dealkylation sites (tertiary alicyclic amines) is 1. The second kappa shape index (κ2) is 10.8.